The summed E-state index contributed by atoms with van der Waals surface area (Å²) in [5.74, 6) is 0.769. The van der Waals surface area contributed by atoms with Crippen LogP contribution in [-0.2, 0) is 9.47 Å². The molecule has 1 fully saturated rings. The van der Waals surface area contributed by atoms with Gasteiger partial charge in [-0.15, -0.1) is 0 Å². The first-order valence-electron chi connectivity index (χ1n) is 6.59. The Kier molecular flexibility index (Phi) is 3.42. The molecule has 1 aromatic heterocycles. The Morgan fingerprint density at radius 1 is 1.45 bits per heavy atom. The monoisotopic (exact) mass is 274 g/mol. The van der Waals surface area contributed by atoms with Crippen molar-refractivity contribution < 1.29 is 9.47 Å². The lowest BCUT2D eigenvalue weighted by Gasteiger charge is -2.26. The standard InChI is InChI=1S/C14H18N4O2/c1-19-14(4-5-20-8-14)7-16-13-11-6-10(15)2-3-12(11)17-9-18-13/h2-3,6,9H,4-5,7-8,15H2,1H3,(H,16,17,18). The Balaban J connectivity index is 1.85. The number of aromatic nitrogens is 2. The molecule has 0 saturated carbocycles. The molecule has 0 radical (unpaired) electrons. The number of nitrogens with one attached hydrogen (secondary N) is 1. The maximum Gasteiger partial charge on any atom is 0.137 e. The van der Waals surface area contributed by atoms with Gasteiger partial charge in [0.25, 0.3) is 0 Å². The van der Waals surface area contributed by atoms with Crippen molar-refractivity contribution in [2.75, 3.05) is 37.9 Å². The van der Waals surface area contributed by atoms with Crippen LogP contribution >= 0.6 is 0 Å². The smallest absolute Gasteiger partial charge is 0.137 e. The van der Waals surface area contributed by atoms with Crippen LogP contribution in [0.4, 0.5) is 11.5 Å². The van der Waals surface area contributed by atoms with E-state index in [9.17, 15) is 0 Å². The molecule has 6 heteroatoms. The van der Waals surface area contributed by atoms with Gasteiger partial charge in [-0.1, -0.05) is 0 Å². The van der Waals surface area contributed by atoms with E-state index in [2.05, 4.69) is 15.3 Å². The Hall–Kier alpha value is -1.92. The average molecular weight is 274 g/mol. The molecule has 1 unspecified atom stereocenters. The fraction of sp³-hybridized carbons (Fsp3) is 0.429. The third-order valence-corrected chi connectivity index (χ3v) is 3.74. The molecule has 0 amide bonds. The minimum Gasteiger partial charge on any atom is -0.399 e. The molecule has 3 N–H and O–H groups in total. The fourth-order valence-electron chi connectivity index (χ4n) is 2.42. The van der Waals surface area contributed by atoms with Crippen LogP contribution in [-0.4, -0.2) is 42.4 Å². The molecule has 2 heterocycles. The van der Waals surface area contributed by atoms with Gasteiger partial charge in [-0.2, -0.15) is 0 Å². The van der Waals surface area contributed by atoms with Crippen LogP contribution in [0.25, 0.3) is 10.9 Å². The van der Waals surface area contributed by atoms with E-state index in [1.54, 1.807) is 13.4 Å². The van der Waals surface area contributed by atoms with Gasteiger partial charge in [0.1, 0.15) is 17.7 Å². The lowest BCUT2D eigenvalue weighted by atomic mass is 10.0. The van der Waals surface area contributed by atoms with Crippen molar-refractivity contribution in [2.45, 2.75) is 12.0 Å². The number of rotatable bonds is 4. The highest BCUT2D eigenvalue weighted by molar-refractivity contribution is 5.91. The minimum absolute atomic E-state index is 0.280. The Morgan fingerprint density at radius 2 is 2.35 bits per heavy atom. The van der Waals surface area contributed by atoms with Crippen LogP contribution in [0.5, 0.6) is 0 Å². The fourth-order valence-corrected chi connectivity index (χ4v) is 2.42. The van der Waals surface area contributed by atoms with Crippen molar-refractivity contribution in [3.05, 3.63) is 24.5 Å². The van der Waals surface area contributed by atoms with E-state index in [4.69, 9.17) is 15.2 Å². The number of nitrogen functional groups attached to an aromatic ring is 1. The zero-order valence-electron chi connectivity index (χ0n) is 11.4. The minimum atomic E-state index is -0.280. The number of hydrogen-bond donors (Lipinski definition) is 2. The number of benzene rings is 1. The molecule has 0 aliphatic carbocycles. The maximum atomic E-state index is 5.84. The predicted octanol–water partition coefficient (Wildman–Crippen LogP) is 1.43. The van der Waals surface area contributed by atoms with Gasteiger partial charge in [0.2, 0.25) is 0 Å². The zero-order valence-corrected chi connectivity index (χ0v) is 11.4. The normalized spacial score (nSPS) is 22.2. The van der Waals surface area contributed by atoms with Crippen molar-refractivity contribution in [1.29, 1.82) is 0 Å². The number of methoxy groups -OCH3 is 1. The lowest BCUT2D eigenvalue weighted by molar-refractivity contribution is -0.00623. The number of fused-ring (bicyclic) bond motifs is 1. The summed E-state index contributed by atoms with van der Waals surface area (Å²) in [5.41, 5.74) is 7.12. The Labute approximate surface area is 117 Å². The van der Waals surface area contributed by atoms with E-state index in [0.717, 1.165) is 29.7 Å². The lowest BCUT2D eigenvalue weighted by Crippen LogP contribution is -2.39. The number of nitrogens with zero attached hydrogens (tertiary/aromatic N) is 2. The number of anilines is 2. The van der Waals surface area contributed by atoms with E-state index < -0.39 is 0 Å². The van der Waals surface area contributed by atoms with E-state index >= 15 is 0 Å². The summed E-state index contributed by atoms with van der Waals surface area (Å²) in [6.45, 7) is 1.97. The summed E-state index contributed by atoms with van der Waals surface area (Å²) in [7, 11) is 1.71. The van der Waals surface area contributed by atoms with Crippen LogP contribution in [0.2, 0.25) is 0 Å². The topological polar surface area (TPSA) is 82.3 Å². The summed E-state index contributed by atoms with van der Waals surface area (Å²) in [5, 5.41) is 4.25. The second-order valence-electron chi connectivity index (χ2n) is 5.04. The summed E-state index contributed by atoms with van der Waals surface area (Å²) >= 11 is 0. The molecule has 6 nitrogen and oxygen atoms in total. The Bertz CT molecular complexity index is 611. The quantitative estimate of drug-likeness (QED) is 0.821. The molecule has 1 saturated heterocycles. The second kappa shape index (κ2) is 5.22. The zero-order chi connectivity index (χ0) is 14.0. The molecule has 3 rings (SSSR count). The molecule has 0 spiro atoms. The summed E-state index contributed by atoms with van der Waals surface area (Å²) in [6.07, 6.45) is 2.42. The molecule has 1 aliphatic heterocycles. The predicted molar refractivity (Wildman–Crippen MR) is 77.6 cm³/mol. The molecule has 20 heavy (non-hydrogen) atoms. The van der Waals surface area contributed by atoms with Gasteiger partial charge >= 0.3 is 0 Å². The van der Waals surface area contributed by atoms with Crippen molar-refractivity contribution >= 4 is 22.4 Å². The van der Waals surface area contributed by atoms with E-state index in [1.807, 2.05) is 18.2 Å². The first kappa shape index (κ1) is 13.1. The first-order chi connectivity index (χ1) is 9.72. The molecule has 0 bridgehead atoms. The second-order valence-corrected chi connectivity index (χ2v) is 5.04. The molecule has 1 aromatic carbocycles. The van der Waals surface area contributed by atoms with Crippen molar-refractivity contribution in [3.63, 3.8) is 0 Å². The van der Waals surface area contributed by atoms with Crippen molar-refractivity contribution in [1.82, 2.24) is 9.97 Å². The van der Waals surface area contributed by atoms with Gasteiger partial charge in [0.15, 0.2) is 0 Å². The molecule has 1 atom stereocenters. The van der Waals surface area contributed by atoms with Crippen LogP contribution in [0.1, 0.15) is 6.42 Å². The highest BCUT2D eigenvalue weighted by Crippen LogP contribution is 2.25. The SMILES string of the molecule is COC1(CNc2ncnc3ccc(N)cc23)CCOC1. The maximum absolute atomic E-state index is 5.84. The molecule has 2 aromatic rings. The van der Waals surface area contributed by atoms with Crippen LogP contribution in [0, 0.1) is 0 Å². The molecule has 106 valence electrons. The molecular weight excluding hydrogens is 256 g/mol. The average Bonchev–Trinajstić information content (AvgIpc) is 2.94. The van der Waals surface area contributed by atoms with Crippen molar-refractivity contribution in [3.8, 4) is 0 Å². The van der Waals surface area contributed by atoms with E-state index in [1.165, 1.54) is 0 Å². The van der Waals surface area contributed by atoms with Gasteiger partial charge < -0.3 is 20.5 Å². The summed E-state index contributed by atoms with van der Waals surface area (Å²) < 4.78 is 11.0. The largest absolute Gasteiger partial charge is 0.399 e. The van der Waals surface area contributed by atoms with Crippen LogP contribution < -0.4 is 11.1 Å². The third kappa shape index (κ3) is 2.39. The summed E-state index contributed by atoms with van der Waals surface area (Å²) in [4.78, 5) is 8.54. The van der Waals surface area contributed by atoms with Gasteiger partial charge in [0, 0.05) is 37.8 Å². The van der Waals surface area contributed by atoms with E-state index in [-0.39, 0.29) is 5.60 Å². The van der Waals surface area contributed by atoms with Gasteiger partial charge in [-0.05, 0) is 18.2 Å². The van der Waals surface area contributed by atoms with Gasteiger partial charge in [-0.3, -0.25) is 0 Å². The number of hydrogen-bond acceptors (Lipinski definition) is 6. The van der Waals surface area contributed by atoms with Crippen LogP contribution in [0.3, 0.4) is 0 Å². The molecule has 1 aliphatic rings. The first-order valence-corrected chi connectivity index (χ1v) is 6.59. The van der Waals surface area contributed by atoms with Crippen LogP contribution in [0.15, 0.2) is 24.5 Å². The Morgan fingerprint density at radius 3 is 3.10 bits per heavy atom. The number of ether oxygens (including phenoxy) is 2. The summed E-state index contributed by atoms with van der Waals surface area (Å²) in [6, 6.07) is 5.60. The number of nitrogens with two attached hydrogens (primary N) is 1. The van der Waals surface area contributed by atoms with Crippen molar-refractivity contribution in [2.24, 2.45) is 0 Å². The highest BCUT2D eigenvalue weighted by Gasteiger charge is 2.34. The van der Waals surface area contributed by atoms with E-state index in [0.29, 0.717) is 18.8 Å². The molecular formula is C14H18N4O2. The third-order valence-electron chi connectivity index (χ3n) is 3.74. The van der Waals surface area contributed by atoms with Gasteiger partial charge in [0.05, 0.1) is 12.1 Å². The van der Waals surface area contributed by atoms with Gasteiger partial charge in [-0.25, -0.2) is 9.97 Å². The highest BCUT2D eigenvalue weighted by atomic mass is 16.5.